The van der Waals surface area contributed by atoms with Crippen molar-refractivity contribution in [3.8, 4) is 0 Å². The molecule has 0 aliphatic carbocycles. The van der Waals surface area contributed by atoms with Gasteiger partial charge in [0.1, 0.15) is 0 Å². The van der Waals surface area contributed by atoms with E-state index in [9.17, 15) is 0 Å². The Morgan fingerprint density at radius 2 is 2.05 bits per heavy atom. The zero-order valence-electron chi connectivity index (χ0n) is 11.4. The number of anilines is 1. The number of nitrogens with zero attached hydrogens (tertiary/aromatic N) is 3. The van der Waals surface area contributed by atoms with Gasteiger partial charge in [-0.15, -0.1) is 0 Å². The van der Waals surface area contributed by atoms with E-state index in [1.807, 2.05) is 12.1 Å². The molecule has 0 saturated carbocycles. The van der Waals surface area contributed by atoms with Gasteiger partial charge in [-0.2, -0.15) is 0 Å². The van der Waals surface area contributed by atoms with Crippen molar-refractivity contribution in [2.45, 2.75) is 30.8 Å². The summed E-state index contributed by atoms with van der Waals surface area (Å²) in [6.07, 6.45) is 3.69. The molecule has 1 aromatic carbocycles. The second kappa shape index (κ2) is 4.37. The third kappa shape index (κ3) is 1.61. The summed E-state index contributed by atoms with van der Waals surface area (Å²) in [5, 5.41) is 0.756. The minimum atomic E-state index is 0.0639. The molecular weight excluding hydrogens is 272 g/mol. The van der Waals surface area contributed by atoms with Gasteiger partial charge in [0.05, 0.1) is 12.1 Å². The number of benzene rings is 1. The van der Waals surface area contributed by atoms with Gasteiger partial charge in [-0.25, -0.2) is 0 Å². The van der Waals surface area contributed by atoms with E-state index < -0.39 is 0 Å². The fraction of sp³-hybridized carbons (Fsp3) is 0.533. The minimum absolute atomic E-state index is 0.0639. The highest BCUT2D eigenvalue weighted by Crippen LogP contribution is 2.44. The van der Waals surface area contributed by atoms with Gasteiger partial charge in [-0.1, -0.05) is 11.6 Å². The first-order chi connectivity index (χ1) is 9.71. The molecule has 2 fully saturated rings. The lowest BCUT2D eigenvalue weighted by atomic mass is 9.87. The van der Waals surface area contributed by atoms with E-state index in [4.69, 9.17) is 17.3 Å². The number of nitrogens with two attached hydrogens (primary N) is 1. The third-order valence-corrected chi connectivity index (χ3v) is 5.34. The van der Waals surface area contributed by atoms with E-state index in [0.717, 1.165) is 30.2 Å². The molecule has 4 rings (SSSR count). The van der Waals surface area contributed by atoms with Crippen LogP contribution in [0.2, 0.25) is 5.02 Å². The zero-order chi connectivity index (χ0) is 13.7. The highest BCUT2D eigenvalue weighted by Gasteiger charge is 2.55. The molecule has 1 spiro atoms. The lowest BCUT2D eigenvalue weighted by molar-refractivity contribution is 0.274. The molecule has 106 valence electrons. The molecule has 2 unspecified atom stereocenters. The second-order valence-corrected chi connectivity index (χ2v) is 6.47. The molecule has 0 aromatic heterocycles. The Morgan fingerprint density at radius 1 is 1.25 bits per heavy atom. The topological polar surface area (TPSA) is 44.9 Å². The third-order valence-electron chi connectivity index (χ3n) is 5.09. The Balaban J connectivity index is 1.75. The van der Waals surface area contributed by atoms with Crippen molar-refractivity contribution in [3.05, 3.63) is 29.3 Å². The molecule has 3 aliphatic heterocycles. The van der Waals surface area contributed by atoms with Gasteiger partial charge in [0.2, 0.25) is 0 Å². The van der Waals surface area contributed by atoms with Crippen LogP contribution < -0.4 is 10.6 Å². The van der Waals surface area contributed by atoms with Gasteiger partial charge in [-0.3, -0.25) is 9.89 Å². The second-order valence-electron chi connectivity index (χ2n) is 6.03. The first kappa shape index (κ1) is 12.5. The fourth-order valence-electron chi connectivity index (χ4n) is 4.22. The Bertz CT molecular complexity index is 555. The van der Waals surface area contributed by atoms with Gasteiger partial charge in [0.15, 0.2) is 5.96 Å². The Morgan fingerprint density at radius 3 is 2.85 bits per heavy atom. The van der Waals surface area contributed by atoms with Crippen LogP contribution in [0.1, 0.15) is 19.3 Å². The molecular formula is C15H19ClN4. The summed E-state index contributed by atoms with van der Waals surface area (Å²) in [5.74, 6) is 0.654. The van der Waals surface area contributed by atoms with Crippen LogP contribution >= 0.6 is 11.6 Å². The van der Waals surface area contributed by atoms with Crippen molar-refractivity contribution in [1.29, 1.82) is 0 Å². The summed E-state index contributed by atoms with van der Waals surface area (Å²) >= 11 is 6.01. The van der Waals surface area contributed by atoms with Crippen molar-refractivity contribution in [2.24, 2.45) is 10.7 Å². The first-order valence-corrected chi connectivity index (χ1v) is 7.68. The number of hydrogen-bond donors (Lipinski definition) is 1. The Hall–Kier alpha value is -1.26. The van der Waals surface area contributed by atoms with Gasteiger partial charge < -0.3 is 10.6 Å². The standard InChI is InChI=1S/C15H19ClN4/c16-11-3-5-12(6-4-11)20-14(17)18-10-15(20)7-9-19-8-1-2-13(15)19/h3-6,13H,1-2,7-10H2,(H2,17,18). The van der Waals surface area contributed by atoms with Crippen LogP contribution in [-0.4, -0.2) is 42.1 Å². The predicted molar refractivity (Wildman–Crippen MR) is 82.4 cm³/mol. The predicted octanol–water partition coefficient (Wildman–Crippen LogP) is 2.08. The number of rotatable bonds is 1. The van der Waals surface area contributed by atoms with Crippen LogP contribution in [0.15, 0.2) is 29.3 Å². The van der Waals surface area contributed by atoms with Crippen LogP contribution in [0.25, 0.3) is 0 Å². The van der Waals surface area contributed by atoms with Gasteiger partial charge in [-0.05, 0) is 50.1 Å². The van der Waals surface area contributed by atoms with Crippen molar-refractivity contribution in [3.63, 3.8) is 0 Å². The summed E-state index contributed by atoms with van der Waals surface area (Å²) in [6, 6.07) is 8.54. The number of aliphatic imine (C=N–C) groups is 1. The molecule has 0 radical (unpaired) electrons. The minimum Gasteiger partial charge on any atom is -0.369 e. The Labute approximate surface area is 124 Å². The maximum atomic E-state index is 6.21. The van der Waals surface area contributed by atoms with Gasteiger partial charge >= 0.3 is 0 Å². The largest absolute Gasteiger partial charge is 0.369 e. The molecule has 3 aliphatic rings. The van der Waals surface area contributed by atoms with E-state index in [1.165, 1.54) is 19.4 Å². The summed E-state index contributed by atoms with van der Waals surface area (Å²) in [7, 11) is 0. The summed E-state index contributed by atoms with van der Waals surface area (Å²) in [6.45, 7) is 3.21. The normalized spacial score (nSPS) is 33.0. The van der Waals surface area contributed by atoms with E-state index in [0.29, 0.717) is 12.0 Å². The molecule has 2 N–H and O–H groups in total. The molecule has 5 heteroatoms. The van der Waals surface area contributed by atoms with Crippen molar-refractivity contribution in [1.82, 2.24) is 4.90 Å². The van der Waals surface area contributed by atoms with Crippen molar-refractivity contribution >= 4 is 23.2 Å². The van der Waals surface area contributed by atoms with Crippen LogP contribution in [-0.2, 0) is 0 Å². The van der Waals surface area contributed by atoms with E-state index >= 15 is 0 Å². The molecule has 2 atom stereocenters. The number of hydrogen-bond acceptors (Lipinski definition) is 4. The van der Waals surface area contributed by atoms with Crippen LogP contribution in [0.3, 0.4) is 0 Å². The van der Waals surface area contributed by atoms with Crippen LogP contribution in [0.5, 0.6) is 0 Å². The average molecular weight is 291 g/mol. The molecule has 0 amide bonds. The highest BCUT2D eigenvalue weighted by atomic mass is 35.5. The smallest absolute Gasteiger partial charge is 0.196 e. The summed E-state index contributed by atoms with van der Waals surface area (Å²) < 4.78 is 0. The van der Waals surface area contributed by atoms with Crippen LogP contribution in [0.4, 0.5) is 5.69 Å². The maximum absolute atomic E-state index is 6.21. The Kier molecular flexibility index (Phi) is 2.72. The quantitative estimate of drug-likeness (QED) is 0.861. The summed E-state index contributed by atoms with van der Waals surface area (Å²) in [5.41, 5.74) is 7.39. The lowest BCUT2D eigenvalue weighted by Gasteiger charge is -2.40. The fourth-order valence-corrected chi connectivity index (χ4v) is 4.34. The zero-order valence-corrected chi connectivity index (χ0v) is 12.2. The van der Waals surface area contributed by atoms with Crippen molar-refractivity contribution in [2.75, 3.05) is 24.5 Å². The van der Waals surface area contributed by atoms with Gasteiger partial charge in [0, 0.05) is 23.3 Å². The molecule has 20 heavy (non-hydrogen) atoms. The summed E-state index contributed by atoms with van der Waals surface area (Å²) in [4.78, 5) is 9.44. The number of fused-ring (bicyclic) bond motifs is 2. The molecule has 3 heterocycles. The van der Waals surface area contributed by atoms with E-state index in [1.54, 1.807) is 0 Å². The highest BCUT2D eigenvalue weighted by molar-refractivity contribution is 6.30. The molecule has 1 aromatic rings. The average Bonchev–Trinajstić information content (AvgIpc) is 3.10. The van der Waals surface area contributed by atoms with E-state index in [2.05, 4.69) is 26.9 Å². The monoisotopic (exact) mass is 290 g/mol. The first-order valence-electron chi connectivity index (χ1n) is 7.30. The molecule has 0 bridgehead atoms. The van der Waals surface area contributed by atoms with Crippen molar-refractivity contribution < 1.29 is 0 Å². The molecule has 4 nitrogen and oxygen atoms in total. The van der Waals surface area contributed by atoms with E-state index in [-0.39, 0.29) is 5.54 Å². The molecule has 2 saturated heterocycles. The maximum Gasteiger partial charge on any atom is 0.196 e. The van der Waals surface area contributed by atoms with Gasteiger partial charge in [0.25, 0.3) is 0 Å². The SMILES string of the molecule is NC1=NCC2(CCN3CCCC32)N1c1ccc(Cl)cc1. The number of halogens is 1. The van der Waals surface area contributed by atoms with Crippen LogP contribution in [0, 0.1) is 0 Å². The number of guanidine groups is 1. The lowest BCUT2D eigenvalue weighted by Crippen LogP contribution is -2.57.